The summed E-state index contributed by atoms with van der Waals surface area (Å²) in [5.74, 6) is 1.82. The molecule has 4 nitrogen and oxygen atoms in total. The van der Waals surface area contributed by atoms with Gasteiger partial charge in [-0.1, -0.05) is 32.4 Å². The van der Waals surface area contributed by atoms with Crippen LogP contribution in [-0.4, -0.2) is 41.0 Å². The molecule has 1 aliphatic rings. The van der Waals surface area contributed by atoms with Crippen LogP contribution in [0.25, 0.3) is 0 Å². The highest BCUT2D eigenvalue weighted by atomic mass is 35.5. The normalized spacial score (nSPS) is 24.7. The largest absolute Gasteiger partial charge is 0.367 e. The molecule has 106 valence electrons. The van der Waals surface area contributed by atoms with E-state index in [4.69, 9.17) is 11.6 Å². The van der Waals surface area contributed by atoms with Crippen LogP contribution in [0.3, 0.4) is 0 Å². The maximum absolute atomic E-state index is 6.20. The van der Waals surface area contributed by atoms with Gasteiger partial charge in [-0.25, -0.2) is 9.97 Å². The molecule has 1 aromatic rings. The molecule has 2 atom stereocenters. The maximum atomic E-state index is 6.20. The van der Waals surface area contributed by atoms with Crippen molar-refractivity contribution in [1.82, 2.24) is 14.9 Å². The van der Waals surface area contributed by atoms with E-state index in [9.17, 15) is 0 Å². The first-order valence-corrected chi connectivity index (χ1v) is 7.32. The number of piperidine rings is 1. The number of halogens is 1. The molecule has 19 heavy (non-hydrogen) atoms. The molecule has 0 aliphatic carbocycles. The van der Waals surface area contributed by atoms with Gasteiger partial charge >= 0.3 is 0 Å². The van der Waals surface area contributed by atoms with Crippen molar-refractivity contribution in [3.8, 4) is 0 Å². The number of anilines is 1. The van der Waals surface area contributed by atoms with Gasteiger partial charge in [-0.05, 0) is 31.8 Å². The molecule has 0 spiro atoms. The number of nitrogens with zero attached hydrogens (tertiary/aromatic N) is 3. The molecule has 1 fully saturated rings. The first-order valence-electron chi connectivity index (χ1n) is 6.94. The van der Waals surface area contributed by atoms with Gasteiger partial charge in [0.25, 0.3) is 0 Å². The van der Waals surface area contributed by atoms with Crippen LogP contribution in [0.1, 0.15) is 38.7 Å². The molecule has 0 aromatic carbocycles. The van der Waals surface area contributed by atoms with Gasteiger partial charge in [-0.3, -0.25) is 0 Å². The topological polar surface area (TPSA) is 41.1 Å². The van der Waals surface area contributed by atoms with E-state index in [2.05, 4.69) is 48.0 Å². The Morgan fingerprint density at radius 1 is 1.42 bits per heavy atom. The van der Waals surface area contributed by atoms with Gasteiger partial charge in [0.15, 0.2) is 0 Å². The molecule has 2 heterocycles. The van der Waals surface area contributed by atoms with E-state index in [0.717, 1.165) is 30.9 Å². The van der Waals surface area contributed by atoms with Gasteiger partial charge in [-0.15, -0.1) is 0 Å². The summed E-state index contributed by atoms with van der Waals surface area (Å²) >= 11 is 6.20. The van der Waals surface area contributed by atoms with Gasteiger partial charge < -0.3 is 10.2 Å². The number of hydrogen-bond acceptors (Lipinski definition) is 4. The van der Waals surface area contributed by atoms with Crippen LogP contribution in [-0.2, 0) is 0 Å². The van der Waals surface area contributed by atoms with Crippen molar-refractivity contribution in [2.45, 2.75) is 39.2 Å². The molecule has 1 aromatic heterocycles. The summed E-state index contributed by atoms with van der Waals surface area (Å²) in [6.07, 6.45) is 2.67. The van der Waals surface area contributed by atoms with E-state index in [1.807, 2.05) is 0 Å². The van der Waals surface area contributed by atoms with Crippen LogP contribution in [0.4, 0.5) is 5.82 Å². The van der Waals surface area contributed by atoms with Crippen LogP contribution < -0.4 is 5.32 Å². The number of aromatic nitrogens is 2. The van der Waals surface area contributed by atoms with Crippen molar-refractivity contribution in [3.05, 3.63) is 17.0 Å². The monoisotopic (exact) mass is 282 g/mol. The molecule has 1 saturated heterocycles. The molecule has 1 aliphatic heterocycles. The van der Waals surface area contributed by atoms with Crippen LogP contribution in [0.5, 0.6) is 0 Å². The molecule has 1 N–H and O–H groups in total. The van der Waals surface area contributed by atoms with Gasteiger partial charge in [0, 0.05) is 18.2 Å². The molecular formula is C14H23ClN4. The van der Waals surface area contributed by atoms with Crippen molar-refractivity contribution in [2.24, 2.45) is 5.92 Å². The molecule has 0 saturated carbocycles. The Kier molecular flexibility index (Phi) is 4.63. The Balaban J connectivity index is 2.17. The molecule has 0 radical (unpaired) electrons. The average molecular weight is 283 g/mol. The molecular weight excluding hydrogens is 260 g/mol. The van der Waals surface area contributed by atoms with Gasteiger partial charge in [0.2, 0.25) is 0 Å². The number of nitrogens with one attached hydrogen (secondary N) is 1. The van der Waals surface area contributed by atoms with Gasteiger partial charge in [0.05, 0.1) is 0 Å². The first-order chi connectivity index (χ1) is 8.99. The zero-order valence-electron chi connectivity index (χ0n) is 12.2. The van der Waals surface area contributed by atoms with E-state index in [0.29, 0.717) is 23.0 Å². The van der Waals surface area contributed by atoms with Crippen molar-refractivity contribution >= 4 is 17.4 Å². The summed E-state index contributed by atoms with van der Waals surface area (Å²) in [5.41, 5.74) is 1.02. The summed E-state index contributed by atoms with van der Waals surface area (Å²) < 4.78 is 0. The molecule has 2 unspecified atom stereocenters. The van der Waals surface area contributed by atoms with E-state index < -0.39 is 0 Å². The van der Waals surface area contributed by atoms with Crippen LogP contribution in [0, 0.1) is 5.92 Å². The summed E-state index contributed by atoms with van der Waals surface area (Å²) in [6, 6.07) is 0.458. The lowest BCUT2D eigenvalue weighted by molar-refractivity contribution is 0.206. The summed E-state index contributed by atoms with van der Waals surface area (Å²) in [7, 11) is 2.17. The second kappa shape index (κ2) is 6.06. The van der Waals surface area contributed by atoms with E-state index in [1.165, 1.54) is 6.33 Å². The quantitative estimate of drug-likeness (QED) is 0.866. The summed E-state index contributed by atoms with van der Waals surface area (Å²) in [4.78, 5) is 10.9. The third-order valence-corrected chi connectivity index (χ3v) is 4.14. The minimum Gasteiger partial charge on any atom is -0.367 e. The number of likely N-dealkylation sites (tertiary alicyclic amines) is 1. The van der Waals surface area contributed by atoms with Crippen molar-refractivity contribution in [1.29, 1.82) is 0 Å². The smallest absolute Gasteiger partial charge is 0.138 e. The zero-order valence-corrected chi connectivity index (χ0v) is 12.9. The maximum Gasteiger partial charge on any atom is 0.138 e. The van der Waals surface area contributed by atoms with E-state index in [-0.39, 0.29) is 0 Å². The van der Waals surface area contributed by atoms with Crippen LogP contribution in [0.2, 0.25) is 5.15 Å². The number of hydrogen-bond donors (Lipinski definition) is 1. The highest BCUT2D eigenvalue weighted by molar-refractivity contribution is 6.30. The third kappa shape index (κ3) is 3.37. The zero-order chi connectivity index (χ0) is 14.0. The Morgan fingerprint density at radius 2 is 2.16 bits per heavy atom. The summed E-state index contributed by atoms with van der Waals surface area (Å²) in [5, 5.41) is 4.14. The van der Waals surface area contributed by atoms with Crippen molar-refractivity contribution in [2.75, 3.05) is 25.5 Å². The Hall–Kier alpha value is -0.870. The second-order valence-electron chi connectivity index (χ2n) is 5.86. The van der Waals surface area contributed by atoms with E-state index in [1.54, 1.807) is 0 Å². The van der Waals surface area contributed by atoms with Crippen molar-refractivity contribution in [3.63, 3.8) is 0 Å². The lowest BCUT2D eigenvalue weighted by atomic mass is 9.93. The fourth-order valence-electron chi connectivity index (χ4n) is 2.74. The van der Waals surface area contributed by atoms with Gasteiger partial charge in [-0.2, -0.15) is 0 Å². The molecule has 0 bridgehead atoms. The first kappa shape index (κ1) is 14.5. The SMILES string of the molecule is CC(C)c1c(Cl)ncnc1NC1CCN(C)CC1C. The highest BCUT2D eigenvalue weighted by Crippen LogP contribution is 2.30. The van der Waals surface area contributed by atoms with Crippen LogP contribution >= 0.6 is 11.6 Å². The predicted octanol–water partition coefficient (Wildman–Crippen LogP) is 3.01. The second-order valence-corrected chi connectivity index (χ2v) is 6.22. The molecule has 2 rings (SSSR count). The van der Waals surface area contributed by atoms with E-state index >= 15 is 0 Å². The lowest BCUT2D eigenvalue weighted by Gasteiger charge is -2.36. The van der Waals surface area contributed by atoms with Crippen molar-refractivity contribution < 1.29 is 0 Å². The lowest BCUT2D eigenvalue weighted by Crippen LogP contribution is -2.43. The Bertz CT molecular complexity index is 435. The minimum atomic E-state index is 0.317. The minimum absolute atomic E-state index is 0.317. The van der Waals surface area contributed by atoms with Crippen LogP contribution in [0.15, 0.2) is 6.33 Å². The average Bonchev–Trinajstić information content (AvgIpc) is 2.32. The highest BCUT2D eigenvalue weighted by Gasteiger charge is 2.25. The number of rotatable bonds is 3. The Morgan fingerprint density at radius 3 is 2.79 bits per heavy atom. The fourth-order valence-corrected chi connectivity index (χ4v) is 3.10. The standard InChI is InChI=1S/C14H23ClN4/c1-9(2)12-13(15)16-8-17-14(12)18-11-5-6-19(4)7-10(11)3/h8-11H,5-7H2,1-4H3,(H,16,17,18). The Labute approximate surface area is 120 Å². The fraction of sp³-hybridized carbons (Fsp3) is 0.714. The molecule has 5 heteroatoms. The summed E-state index contributed by atoms with van der Waals surface area (Å²) in [6.45, 7) is 8.76. The van der Waals surface area contributed by atoms with Gasteiger partial charge in [0.1, 0.15) is 17.3 Å². The third-order valence-electron chi connectivity index (χ3n) is 3.84. The molecule has 0 amide bonds. The predicted molar refractivity (Wildman–Crippen MR) is 79.8 cm³/mol.